The van der Waals surface area contributed by atoms with E-state index >= 15 is 0 Å². The van der Waals surface area contributed by atoms with Gasteiger partial charge in [-0.1, -0.05) is 55.8 Å². The number of hydrogen-bond acceptors (Lipinski definition) is 5. The van der Waals surface area contributed by atoms with E-state index in [9.17, 15) is 14.7 Å². The highest BCUT2D eigenvalue weighted by atomic mass is 35.5. The maximum absolute atomic E-state index is 13.1. The van der Waals surface area contributed by atoms with Gasteiger partial charge in [-0.25, -0.2) is 0 Å². The number of aliphatic hydroxyl groups is 1. The standard InChI is InChI=1S/C24H27ClN2O4/c1-4-26(5-2)13-14-27-21(16-9-7-6-8-10-16)20(23(29)24(27)30)22(28)18-15-17(25)11-12-19(18)31-3/h6-12,15,21,28H,4-5,13-14H2,1-3H3/b22-20+. The van der Waals surface area contributed by atoms with Gasteiger partial charge in [-0.3, -0.25) is 9.59 Å². The zero-order chi connectivity index (χ0) is 22.5. The summed E-state index contributed by atoms with van der Waals surface area (Å²) in [4.78, 5) is 29.8. The SMILES string of the molecule is CCN(CC)CCN1C(=O)C(=O)/C(=C(/O)c2cc(Cl)ccc2OC)C1c1ccccc1. The highest BCUT2D eigenvalue weighted by Crippen LogP contribution is 2.41. The largest absolute Gasteiger partial charge is 0.507 e. The molecule has 3 rings (SSSR count). The van der Waals surface area contributed by atoms with E-state index in [-0.39, 0.29) is 16.9 Å². The van der Waals surface area contributed by atoms with Crippen molar-refractivity contribution in [3.63, 3.8) is 0 Å². The van der Waals surface area contributed by atoms with Crippen molar-refractivity contribution in [2.24, 2.45) is 0 Å². The number of ether oxygens (including phenoxy) is 1. The van der Waals surface area contributed by atoms with E-state index in [1.807, 2.05) is 30.3 Å². The van der Waals surface area contributed by atoms with Gasteiger partial charge in [0.2, 0.25) is 0 Å². The van der Waals surface area contributed by atoms with Crippen LogP contribution in [0.1, 0.15) is 31.0 Å². The van der Waals surface area contributed by atoms with Crippen LogP contribution in [-0.2, 0) is 9.59 Å². The summed E-state index contributed by atoms with van der Waals surface area (Å²) in [5.74, 6) is -1.27. The molecule has 1 saturated heterocycles. The Morgan fingerprint density at radius 3 is 2.42 bits per heavy atom. The van der Waals surface area contributed by atoms with E-state index in [4.69, 9.17) is 16.3 Å². The molecule has 1 fully saturated rings. The van der Waals surface area contributed by atoms with Crippen LogP contribution < -0.4 is 4.74 Å². The van der Waals surface area contributed by atoms with Crippen molar-refractivity contribution < 1.29 is 19.4 Å². The maximum Gasteiger partial charge on any atom is 0.295 e. The molecule has 1 amide bonds. The Kier molecular flexibility index (Phi) is 7.36. The van der Waals surface area contributed by atoms with E-state index < -0.39 is 17.7 Å². The van der Waals surface area contributed by atoms with Crippen molar-refractivity contribution in [2.45, 2.75) is 19.9 Å². The zero-order valence-corrected chi connectivity index (χ0v) is 18.7. The van der Waals surface area contributed by atoms with Gasteiger partial charge in [0.15, 0.2) is 0 Å². The van der Waals surface area contributed by atoms with Gasteiger partial charge in [0, 0.05) is 18.1 Å². The van der Waals surface area contributed by atoms with E-state index in [0.29, 0.717) is 23.9 Å². The van der Waals surface area contributed by atoms with Gasteiger partial charge in [-0.05, 0) is 36.9 Å². The van der Waals surface area contributed by atoms with Crippen LogP contribution in [0.15, 0.2) is 54.1 Å². The number of rotatable bonds is 8. The first kappa shape index (κ1) is 22.8. The van der Waals surface area contributed by atoms with Crippen molar-refractivity contribution in [3.05, 3.63) is 70.3 Å². The molecule has 0 radical (unpaired) electrons. The zero-order valence-electron chi connectivity index (χ0n) is 18.0. The summed E-state index contributed by atoms with van der Waals surface area (Å²) in [6.07, 6.45) is 0. The highest BCUT2D eigenvalue weighted by molar-refractivity contribution is 6.46. The minimum absolute atomic E-state index is 0.0383. The summed E-state index contributed by atoms with van der Waals surface area (Å²) in [5.41, 5.74) is 1.07. The first-order valence-electron chi connectivity index (χ1n) is 10.3. The van der Waals surface area contributed by atoms with Crippen LogP contribution >= 0.6 is 11.6 Å². The highest BCUT2D eigenvalue weighted by Gasteiger charge is 2.46. The molecular weight excluding hydrogens is 416 g/mol. The Bertz CT molecular complexity index is 986. The molecule has 1 N–H and O–H groups in total. The second kappa shape index (κ2) is 9.98. The van der Waals surface area contributed by atoms with Crippen LogP contribution in [0.4, 0.5) is 0 Å². The predicted molar refractivity (Wildman–Crippen MR) is 121 cm³/mol. The summed E-state index contributed by atoms with van der Waals surface area (Å²) in [6.45, 7) is 6.79. The lowest BCUT2D eigenvalue weighted by Crippen LogP contribution is -2.38. The number of aliphatic hydroxyl groups excluding tert-OH is 1. The molecule has 0 bridgehead atoms. The van der Waals surface area contributed by atoms with Crippen LogP contribution in [0, 0.1) is 0 Å². The molecule has 1 aliphatic heterocycles. The number of carbonyl (C=O) groups is 2. The number of hydrogen-bond donors (Lipinski definition) is 1. The normalized spacial score (nSPS) is 18.1. The van der Waals surface area contributed by atoms with Crippen molar-refractivity contribution in [3.8, 4) is 5.75 Å². The fraction of sp³-hybridized carbons (Fsp3) is 0.333. The minimum atomic E-state index is -0.715. The second-order valence-corrected chi connectivity index (χ2v) is 7.71. The first-order chi connectivity index (χ1) is 14.9. The average molecular weight is 443 g/mol. The molecule has 2 aromatic rings. The number of methoxy groups -OCH3 is 1. The van der Waals surface area contributed by atoms with Crippen LogP contribution in [0.2, 0.25) is 5.02 Å². The van der Waals surface area contributed by atoms with E-state index in [1.165, 1.54) is 13.2 Å². The molecule has 31 heavy (non-hydrogen) atoms. The molecule has 0 aliphatic carbocycles. The number of likely N-dealkylation sites (tertiary alicyclic amines) is 1. The Morgan fingerprint density at radius 2 is 1.81 bits per heavy atom. The smallest absolute Gasteiger partial charge is 0.295 e. The molecule has 7 heteroatoms. The van der Waals surface area contributed by atoms with Gasteiger partial charge in [0.25, 0.3) is 11.7 Å². The molecule has 164 valence electrons. The number of Topliss-reactive ketones (excluding diaryl/α,β-unsaturated/α-hetero) is 1. The van der Waals surface area contributed by atoms with E-state index in [0.717, 1.165) is 18.7 Å². The number of nitrogens with zero attached hydrogens (tertiary/aromatic N) is 2. The lowest BCUT2D eigenvalue weighted by molar-refractivity contribution is -0.140. The minimum Gasteiger partial charge on any atom is -0.507 e. The monoisotopic (exact) mass is 442 g/mol. The van der Waals surface area contributed by atoms with Crippen molar-refractivity contribution >= 4 is 29.1 Å². The third-order valence-electron chi connectivity index (χ3n) is 5.62. The van der Waals surface area contributed by atoms with Crippen LogP contribution in [0.5, 0.6) is 5.75 Å². The lowest BCUT2D eigenvalue weighted by atomic mass is 9.95. The molecule has 0 spiro atoms. The van der Waals surface area contributed by atoms with Crippen molar-refractivity contribution in [2.75, 3.05) is 33.3 Å². The third-order valence-corrected chi connectivity index (χ3v) is 5.86. The fourth-order valence-corrected chi connectivity index (χ4v) is 4.06. The molecular formula is C24H27ClN2O4. The predicted octanol–water partition coefficient (Wildman–Crippen LogP) is 4.11. The lowest BCUT2D eigenvalue weighted by Gasteiger charge is -2.28. The van der Waals surface area contributed by atoms with Crippen LogP contribution in [0.25, 0.3) is 5.76 Å². The van der Waals surface area contributed by atoms with E-state index in [2.05, 4.69) is 18.7 Å². The van der Waals surface area contributed by atoms with Gasteiger partial charge in [-0.15, -0.1) is 0 Å². The number of benzene rings is 2. The number of likely N-dealkylation sites (N-methyl/N-ethyl adjacent to an activating group) is 1. The Balaban J connectivity index is 2.14. The molecule has 1 heterocycles. The Hall–Kier alpha value is -2.83. The van der Waals surface area contributed by atoms with E-state index in [1.54, 1.807) is 17.0 Å². The summed E-state index contributed by atoms with van der Waals surface area (Å²) in [6, 6.07) is 13.3. The van der Waals surface area contributed by atoms with Crippen LogP contribution in [-0.4, -0.2) is 59.9 Å². The topological polar surface area (TPSA) is 70.1 Å². The summed E-state index contributed by atoms with van der Waals surface area (Å²) in [5, 5.41) is 11.6. The second-order valence-electron chi connectivity index (χ2n) is 7.27. The van der Waals surface area contributed by atoms with Gasteiger partial charge in [0.1, 0.15) is 11.5 Å². The summed E-state index contributed by atoms with van der Waals surface area (Å²) in [7, 11) is 1.47. The Morgan fingerprint density at radius 1 is 1.13 bits per heavy atom. The quantitative estimate of drug-likeness (QED) is 0.378. The first-order valence-corrected chi connectivity index (χ1v) is 10.7. The molecule has 2 aromatic carbocycles. The average Bonchev–Trinajstić information content (AvgIpc) is 3.04. The van der Waals surface area contributed by atoms with Crippen molar-refractivity contribution in [1.82, 2.24) is 9.80 Å². The number of ketones is 1. The van der Waals surface area contributed by atoms with Gasteiger partial charge in [-0.2, -0.15) is 0 Å². The van der Waals surface area contributed by atoms with Gasteiger partial charge >= 0.3 is 0 Å². The molecule has 1 unspecified atom stereocenters. The summed E-state index contributed by atoms with van der Waals surface area (Å²) >= 11 is 6.13. The number of carbonyl (C=O) groups excluding carboxylic acids is 2. The van der Waals surface area contributed by atoms with Crippen LogP contribution in [0.3, 0.4) is 0 Å². The molecule has 1 aliphatic rings. The van der Waals surface area contributed by atoms with Crippen molar-refractivity contribution in [1.29, 1.82) is 0 Å². The summed E-state index contributed by atoms with van der Waals surface area (Å²) < 4.78 is 5.35. The number of amides is 1. The molecule has 0 aromatic heterocycles. The Labute approximate surface area is 187 Å². The van der Waals surface area contributed by atoms with Gasteiger partial charge in [0.05, 0.1) is 24.3 Å². The maximum atomic E-state index is 13.1. The fourth-order valence-electron chi connectivity index (χ4n) is 3.89. The third kappa shape index (κ3) is 4.60. The molecule has 1 atom stereocenters. The molecule has 6 nitrogen and oxygen atoms in total. The number of halogens is 1. The van der Waals surface area contributed by atoms with Gasteiger partial charge < -0.3 is 19.6 Å². The molecule has 0 saturated carbocycles.